The fourth-order valence-electron chi connectivity index (χ4n) is 1.66. The molecule has 0 atom stereocenters. The lowest BCUT2D eigenvalue weighted by atomic mass is 10.1. The molecule has 3 nitrogen and oxygen atoms in total. The molecule has 20 heavy (non-hydrogen) atoms. The van der Waals surface area contributed by atoms with Crippen LogP contribution < -0.4 is 5.32 Å². The van der Waals surface area contributed by atoms with Crippen LogP contribution in [0, 0.1) is 5.82 Å². The van der Waals surface area contributed by atoms with E-state index in [0.717, 1.165) is 6.07 Å². The van der Waals surface area contributed by atoms with Crippen LogP contribution in [0.4, 0.5) is 10.1 Å². The van der Waals surface area contributed by atoms with Gasteiger partial charge in [-0.3, -0.25) is 9.59 Å². The van der Waals surface area contributed by atoms with Crippen molar-refractivity contribution < 1.29 is 14.0 Å². The topological polar surface area (TPSA) is 46.2 Å². The van der Waals surface area contributed by atoms with Crippen LogP contribution in [0.15, 0.2) is 42.5 Å². The van der Waals surface area contributed by atoms with Crippen molar-refractivity contribution in [2.24, 2.45) is 0 Å². The minimum Gasteiger partial charge on any atom is -0.322 e. The van der Waals surface area contributed by atoms with E-state index in [0.29, 0.717) is 11.3 Å². The zero-order valence-electron chi connectivity index (χ0n) is 10.6. The first-order chi connectivity index (χ1) is 9.47. The lowest BCUT2D eigenvalue weighted by Gasteiger charge is -2.07. The average molecular weight is 292 g/mol. The van der Waals surface area contributed by atoms with Crippen LogP contribution in [0.5, 0.6) is 0 Å². The molecule has 1 N–H and O–H groups in total. The summed E-state index contributed by atoms with van der Waals surface area (Å²) in [5, 5.41) is 2.78. The molecule has 0 heterocycles. The molecular weight excluding hydrogens is 281 g/mol. The van der Waals surface area contributed by atoms with Gasteiger partial charge in [0.25, 0.3) is 5.91 Å². The van der Waals surface area contributed by atoms with Gasteiger partial charge in [-0.25, -0.2) is 4.39 Å². The number of ketones is 1. The normalized spacial score (nSPS) is 10.2. The predicted molar refractivity (Wildman–Crippen MR) is 75.8 cm³/mol. The van der Waals surface area contributed by atoms with Gasteiger partial charge >= 0.3 is 0 Å². The number of carbonyl (C=O) groups excluding carboxylic acids is 2. The lowest BCUT2D eigenvalue weighted by Crippen LogP contribution is -2.13. The maximum Gasteiger partial charge on any atom is 0.258 e. The number of benzene rings is 2. The molecule has 0 spiro atoms. The zero-order valence-corrected chi connectivity index (χ0v) is 11.4. The molecule has 2 aromatic carbocycles. The lowest BCUT2D eigenvalue weighted by molar-refractivity contribution is 0.101. The third kappa shape index (κ3) is 3.22. The number of Topliss-reactive ketones (excluding diaryl/α,β-unsaturated/α-hetero) is 1. The molecular formula is C15H11ClFNO2. The molecule has 0 unspecified atom stereocenters. The SMILES string of the molecule is CC(=O)c1ccc(NC(=O)c2ccc(Cl)cc2F)cc1. The fraction of sp³-hybridized carbons (Fsp3) is 0.0667. The Morgan fingerprint density at radius 1 is 1.10 bits per heavy atom. The Kier molecular flexibility index (Phi) is 4.15. The highest BCUT2D eigenvalue weighted by Gasteiger charge is 2.12. The summed E-state index contributed by atoms with van der Waals surface area (Å²) in [5.74, 6) is -1.32. The van der Waals surface area contributed by atoms with Crippen LogP contribution in [0.25, 0.3) is 0 Å². The predicted octanol–water partition coefficient (Wildman–Crippen LogP) is 3.93. The molecule has 0 aliphatic rings. The largest absolute Gasteiger partial charge is 0.322 e. The summed E-state index contributed by atoms with van der Waals surface area (Å²) < 4.78 is 13.6. The number of hydrogen-bond donors (Lipinski definition) is 1. The number of rotatable bonds is 3. The second-order valence-corrected chi connectivity index (χ2v) is 4.65. The van der Waals surface area contributed by atoms with Gasteiger partial charge in [0.1, 0.15) is 5.82 Å². The smallest absolute Gasteiger partial charge is 0.258 e. The van der Waals surface area contributed by atoms with E-state index in [1.54, 1.807) is 24.3 Å². The first kappa shape index (κ1) is 14.2. The number of anilines is 1. The quantitative estimate of drug-likeness (QED) is 0.871. The van der Waals surface area contributed by atoms with E-state index >= 15 is 0 Å². The number of halogens is 2. The standard InChI is InChI=1S/C15H11ClFNO2/c1-9(19)10-2-5-12(6-3-10)18-15(20)13-7-4-11(16)8-14(13)17/h2-8H,1H3,(H,18,20). The maximum atomic E-state index is 13.6. The number of nitrogens with one attached hydrogen (secondary N) is 1. The summed E-state index contributed by atoms with van der Waals surface area (Å²) in [4.78, 5) is 23.0. The van der Waals surface area contributed by atoms with Gasteiger partial charge in [-0.05, 0) is 49.4 Å². The van der Waals surface area contributed by atoms with Gasteiger partial charge in [-0.15, -0.1) is 0 Å². The second-order valence-electron chi connectivity index (χ2n) is 4.21. The Bertz CT molecular complexity index is 668. The highest BCUT2D eigenvalue weighted by Crippen LogP contribution is 2.17. The summed E-state index contributed by atoms with van der Waals surface area (Å²) >= 11 is 5.63. The average Bonchev–Trinajstić information content (AvgIpc) is 2.39. The van der Waals surface area contributed by atoms with Gasteiger partial charge < -0.3 is 5.32 Å². The van der Waals surface area contributed by atoms with E-state index in [4.69, 9.17) is 11.6 Å². The molecule has 2 aromatic rings. The van der Waals surface area contributed by atoms with Crippen molar-refractivity contribution in [2.45, 2.75) is 6.92 Å². The first-order valence-electron chi connectivity index (χ1n) is 5.85. The summed E-state index contributed by atoms with van der Waals surface area (Å²) in [7, 11) is 0. The van der Waals surface area contributed by atoms with E-state index in [1.807, 2.05) is 0 Å². The zero-order chi connectivity index (χ0) is 14.7. The Hall–Kier alpha value is -2.20. The van der Waals surface area contributed by atoms with Crippen LogP contribution in [0.1, 0.15) is 27.6 Å². The number of hydrogen-bond acceptors (Lipinski definition) is 2. The van der Waals surface area contributed by atoms with Crippen molar-refractivity contribution in [3.8, 4) is 0 Å². The molecule has 1 amide bonds. The summed E-state index contributed by atoms with van der Waals surface area (Å²) in [5.41, 5.74) is 0.931. The van der Waals surface area contributed by atoms with Crippen LogP contribution >= 0.6 is 11.6 Å². The molecule has 0 saturated carbocycles. The molecule has 0 bridgehead atoms. The molecule has 5 heteroatoms. The van der Waals surface area contributed by atoms with E-state index in [1.165, 1.54) is 19.1 Å². The molecule has 102 valence electrons. The van der Waals surface area contributed by atoms with Crippen molar-refractivity contribution >= 4 is 29.0 Å². The van der Waals surface area contributed by atoms with Gasteiger partial charge in [0, 0.05) is 16.3 Å². The Morgan fingerprint density at radius 3 is 2.30 bits per heavy atom. The van der Waals surface area contributed by atoms with E-state index in [9.17, 15) is 14.0 Å². The molecule has 0 fully saturated rings. The first-order valence-corrected chi connectivity index (χ1v) is 6.22. The van der Waals surface area contributed by atoms with Gasteiger partial charge in [-0.1, -0.05) is 11.6 Å². The highest BCUT2D eigenvalue weighted by molar-refractivity contribution is 6.30. The highest BCUT2D eigenvalue weighted by atomic mass is 35.5. The second kappa shape index (κ2) is 5.84. The summed E-state index contributed by atoms with van der Waals surface area (Å²) in [6, 6.07) is 10.2. The minimum atomic E-state index is -0.685. The number of carbonyl (C=O) groups is 2. The molecule has 0 aliphatic carbocycles. The maximum absolute atomic E-state index is 13.6. The summed E-state index contributed by atoms with van der Waals surface area (Å²) in [6.07, 6.45) is 0. The monoisotopic (exact) mass is 291 g/mol. The minimum absolute atomic E-state index is 0.0633. The summed E-state index contributed by atoms with van der Waals surface area (Å²) in [6.45, 7) is 1.46. The van der Waals surface area contributed by atoms with Gasteiger partial charge in [0.15, 0.2) is 5.78 Å². The molecule has 0 aromatic heterocycles. The third-order valence-corrected chi connectivity index (χ3v) is 2.96. The molecule has 0 saturated heterocycles. The number of amides is 1. The Labute approximate surface area is 120 Å². The van der Waals surface area contributed by atoms with Crippen molar-refractivity contribution in [3.05, 3.63) is 64.4 Å². The van der Waals surface area contributed by atoms with E-state index in [2.05, 4.69) is 5.32 Å². The Morgan fingerprint density at radius 2 is 1.75 bits per heavy atom. The molecule has 0 radical (unpaired) electrons. The van der Waals surface area contributed by atoms with Gasteiger partial charge in [-0.2, -0.15) is 0 Å². The van der Waals surface area contributed by atoms with Crippen molar-refractivity contribution in [3.63, 3.8) is 0 Å². The van der Waals surface area contributed by atoms with Crippen molar-refractivity contribution in [2.75, 3.05) is 5.32 Å². The molecule has 2 rings (SSSR count). The van der Waals surface area contributed by atoms with E-state index < -0.39 is 11.7 Å². The van der Waals surface area contributed by atoms with Crippen LogP contribution in [-0.2, 0) is 0 Å². The molecule has 0 aliphatic heterocycles. The van der Waals surface area contributed by atoms with Crippen LogP contribution in [0.3, 0.4) is 0 Å². The Balaban J connectivity index is 2.17. The van der Waals surface area contributed by atoms with Crippen LogP contribution in [-0.4, -0.2) is 11.7 Å². The van der Waals surface area contributed by atoms with E-state index in [-0.39, 0.29) is 16.4 Å². The van der Waals surface area contributed by atoms with Gasteiger partial charge in [0.05, 0.1) is 5.56 Å². The van der Waals surface area contributed by atoms with Gasteiger partial charge in [0.2, 0.25) is 0 Å². The van der Waals surface area contributed by atoms with Crippen LogP contribution in [0.2, 0.25) is 5.02 Å². The van der Waals surface area contributed by atoms with Crippen molar-refractivity contribution in [1.82, 2.24) is 0 Å². The fourth-order valence-corrected chi connectivity index (χ4v) is 1.82. The van der Waals surface area contributed by atoms with Crippen molar-refractivity contribution in [1.29, 1.82) is 0 Å². The third-order valence-electron chi connectivity index (χ3n) is 2.73.